The standard InChI is InChI=1S/C15H19N5O2/c1-2-16-15(22)19-8-5-11(6-9-19)20-10-18-12-4-3-7-17-13(12)14(20)21/h3-4,7,10-11H,2,5-6,8-9H2,1H3,(H,16,22). The number of nitrogens with zero attached hydrogens (tertiary/aromatic N) is 4. The predicted octanol–water partition coefficient (Wildman–Crippen LogP) is 1.16. The second-order valence-electron chi connectivity index (χ2n) is 5.38. The van der Waals surface area contributed by atoms with Crippen LogP contribution in [0.4, 0.5) is 4.79 Å². The van der Waals surface area contributed by atoms with Gasteiger partial charge in [0.2, 0.25) is 0 Å². The molecule has 2 amide bonds. The highest BCUT2D eigenvalue weighted by atomic mass is 16.2. The summed E-state index contributed by atoms with van der Waals surface area (Å²) in [6, 6.07) is 3.58. The van der Waals surface area contributed by atoms with Gasteiger partial charge in [0.1, 0.15) is 0 Å². The van der Waals surface area contributed by atoms with Gasteiger partial charge in [0.05, 0.1) is 11.8 Å². The number of amides is 2. The van der Waals surface area contributed by atoms with Gasteiger partial charge < -0.3 is 10.2 Å². The van der Waals surface area contributed by atoms with Crippen LogP contribution in [0.15, 0.2) is 29.5 Å². The van der Waals surface area contributed by atoms with Crippen molar-refractivity contribution >= 4 is 17.1 Å². The molecule has 0 atom stereocenters. The molecule has 0 aromatic carbocycles. The Morgan fingerprint density at radius 3 is 2.86 bits per heavy atom. The zero-order valence-electron chi connectivity index (χ0n) is 12.5. The first-order valence-electron chi connectivity index (χ1n) is 7.55. The van der Waals surface area contributed by atoms with Crippen LogP contribution < -0.4 is 10.9 Å². The van der Waals surface area contributed by atoms with E-state index in [9.17, 15) is 9.59 Å². The summed E-state index contributed by atoms with van der Waals surface area (Å²) in [5.41, 5.74) is 0.904. The Kier molecular flexibility index (Phi) is 4.04. The Labute approximate surface area is 128 Å². The van der Waals surface area contributed by atoms with Crippen molar-refractivity contribution in [2.75, 3.05) is 19.6 Å². The highest BCUT2D eigenvalue weighted by Gasteiger charge is 2.24. The fraction of sp³-hybridized carbons (Fsp3) is 0.467. The molecule has 2 aromatic heterocycles. The van der Waals surface area contributed by atoms with Gasteiger partial charge in [-0.05, 0) is 31.9 Å². The average Bonchev–Trinajstić information content (AvgIpc) is 2.56. The van der Waals surface area contributed by atoms with Gasteiger partial charge in [0.15, 0.2) is 5.52 Å². The smallest absolute Gasteiger partial charge is 0.317 e. The molecule has 1 aliphatic rings. The van der Waals surface area contributed by atoms with Gasteiger partial charge in [0.25, 0.3) is 5.56 Å². The minimum absolute atomic E-state index is 0.0356. The fourth-order valence-corrected chi connectivity index (χ4v) is 2.84. The molecule has 0 bridgehead atoms. The topological polar surface area (TPSA) is 80.1 Å². The minimum atomic E-state index is -0.109. The van der Waals surface area contributed by atoms with E-state index in [1.807, 2.05) is 6.92 Å². The molecule has 7 heteroatoms. The van der Waals surface area contributed by atoms with Crippen molar-refractivity contribution < 1.29 is 4.79 Å². The van der Waals surface area contributed by atoms with E-state index in [0.717, 1.165) is 12.8 Å². The highest BCUT2D eigenvalue weighted by molar-refractivity contribution is 5.74. The molecule has 22 heavy (non-hydrogen) atoms. The van der Waals surface area contributed by atoms with E-state index in [-0.39, 0.29) is 17.6 Å². The molecule has 0 radical (unpaired) electrons. The number of hydrogen-bond donors (Lipinski definition) is 1. The number of nitrogens with one attached hydrogen (secondary N) is 1. The Bertz CT molecular complexity index is 734. The summed E-state index contributed by atoms with van der Waals surface area (Å²) in [6.07, 6.45) is 4.69. The first-order chi connectivity index (χ1) is 10.7. The lowest BCUT2D eigenvalue weighted by atomic mass is 10.1. The van der Waals surface area contributed by atoms with Crippen molar-refractivity contribution in [2.24, 2.45) is 0 Å². The van der Waals surface area contributed by atoms with Gasteiger partial charge in [-0.3, -0.25) is 9.36 Å². The molecule has 7 nitrogen and oxygen atoms in total. The normalized spacial score (nSPS) is 16.0. The number of carbonyl (C=O) groups is 1. The Hall–Kier alpha value is -2.44. The molecular weight excluding hydrogens is 282 g/mol. The SMILES string of the molecule is CCNC(=O)N1CCC(n2cnc3cccnc3c2=O)CC1. The van der Waals surface area contributed by atoms with Crippen LogP contribution in [0.1, 0.15) is 25.8 Å². The maximum atomic E-state index is 12.5. The highest BCUT2D eigenvalue weighted by Crippen LogP contribution is 2.21. The zero-order chi connectivity index (χ0) is 15.5. The summed E-state index contributed by atoms with van der Waals surface area (Å²) in [4.78, 5) is 34.6. The minimum Gasteiger partial charge on any atom is -0.338 e. The van der Waals surface area contributed by atoms with E-state index in [4.69, 9.17) is 0 Å². The molecule has 1 fully saturated rings. The Balaban J connectivity index is 1.78. The molecule has 116 valence electrons. The van der Waals surface area contributed by atoms with Gasteiger partial charge in [-0.1, -0.05) is 0 Å². The van der Waals surface area contributed by atoms with E-state index < -0.39 is 0 Å². The number of rotatable bonds is 2. The molecule has 2 aromatic rings. The fourth-order valence-electron chi connectivity index (χ4n) is 2.84. The Morgan fingerprint density at radius 1 is 1.36 bits per heavy atom. The summed E-state index contributed by atoms with van der Waals surface area (Å²) >= 11 is 0. The number of fused-ring (bicyclic) bond motifs is 1. The molecule has 1 N–H and O–H groups in total. The molecule has 0 spiro atoms. The van der Waals surface area contributed by atoms with Crippen molar-refractivity contribution in [2.45, 2.75) is 25.8 Å². The molecular formula is C15H19N5O2. The van der Waals surface area contributed by atoms with Crippen LogP contribution in [-0.2, 0) is 0 Å². The van der Waals surface area contributed by atoms with Crippen molar-refractivity contribution in [3.8, 4) is 0 Å². The first-order valence-corrected chi connectivity index (χ1v) is 7.55. The summed E-state index contributed by atoms with van der Waals surface area (Å²) in [5.74, 6) is 0. The molecule has 3 rings (SSSR count). The zero-order valence-corrected chi connectivity index (χ0v) is 12.5. The molecule has 1 saturated heterocycles. The van der Waals surface area contributed by atoms with Crippen LogP contribution in [0, 0.1) is 0 Å². The molecule has 3 heterocycles. The van der Waals surface area contributed by atoms with Gasteiger partial charge in [-0.2, -0.15) is 0 Å². The predicted molar refractivity (Wildman–Crippen MR) is 82.7 cm³/mol. The van der Waals surface area contributed by atoms with Gasteiger partial charge in [0, 0.05) is 31.9 Å². The maximum Gasteiger partial charge on any atom is 0.317 e. The van der Waals surface area contributed by atoms with E-state index in [0.29, 0.717) is 30.7 Å². The van der Waals surface area contributed by atoms with Crippen molar-refractivity contribution in [1.82, 2.24) is 24.8 Å². The lowest BCUT2D eigenvalue weighted by molar-refractivity contribution is 0.171. The van der Waals surface area contributed by atoms with Crippen LogP contribution in [0.25, 0.3) is 11.0 Å². The summed E-state index contributed by atoms with van der Waals surface area (Å²) < 4.78 is 1.66. The molecule has 1 aliphatic heterocycles. The van der Waals surface area contributed by atoms with E-state index in [2.05, 4.69) is 15.3 Å². The van der Waals surface area contributed by atoms with Gasteiger partial charge in [-0.15, -0.1) is 0 Å². The van der Waals surface area contributed by atoms with Crippen molar-refractivity contribution in [3.63, 3.8) is 0 Å². The van der Waals surface area contributed by atoms with Crippen LogP contribution in [0.3, 0.4) is 0 Å². The number of carbonyl (C=O) groups excluding carboxylic acids is 1. The van der Waals surface area contributed by atoms with Gasteiger partial charge >= 0.3 is 6.03 Å². The van der Waals surface area contributed by atoms with Crippen LogP contribution in [0.2, 0.25) is 0 Å². The number of pyridine rings is 1. The van der Waals surface area contributed by atoms with Crippen molar-refractivity contribution in [1.29, 1.82) is 0 Å². The number of hydrogen-bond acceptors (Lipinski definition) is 4. The largest absolute Gasteiger partial charge is 0.338 e. The number of piperidine rings is 1. The summed E-state index contributed by atoms with van der Waals surface area (Å²) in [5, 5.41) is 2.80. The monoisotopic (exact) mass is 301 g/mol. The van der Waals surface area contributed by atoms with Crippen molar-refractivity contribution in [3.05, 3.63) is 35.0 Å². The molecule has 0 unspecified atom stereocenters. The third kappa shape index (κ3) is 2.66. The lowest BCUT2D eigenvalue weighted by Crippen LogP contribution is -2.45. The van der Waals surface area contributed by atoms with Crippen LogP contribution >= 0.6 is 0 Å². The third-order valence-corrected chi connectivity index (χ3v) is 4.02. The van der Waals surface area contributed by atoms with Crippen LogP contribution in [0.5, 0.6) is 0 Å². The quantitative estimate of drug-likeness (QED) is 0.902. The molecule has 0 saturated carbocycles. The van der Waals surface area contributed by atoms with Crippen LogP contribution in [-0.4, -0.2) is 45.1 Å². The van der Waals surface area contributed by atoms with E-state index in [1.165, 1.54) is 0 Å². The summed E-state index contributed by atoms with van der Waals surface area (Å²) in [7, 11) is 0. The second-order valence-corrected chi connectivity index (χ2v) is 5.38. The Morgan fingerprint density at radius 2 is 2.14 bits per heavy atom. The molecule has 0 aliphatic carbocycles. The lowest BCUT2D eigenvalue weighted by Gasteiger charge is -2.32. The van der Waals surface area contributed by atoms with E-state index >= 15 is 0 Å². The average molecular weight is 301 g/mol. The number of aromatic nitrogens is 3. The maximum absolute atomic E-state index is 12.5. The first kappa shape index (κ1) is 14.5. The number of urea groups is 1. The second kappa shape index (κ2) is 6.13. The van der Waals surface area contributed by atoms with E-state index in [1.54, 1.807) is 34.1 Å². The number of likely N-dealkylation sites (tertiary alicyclic amines) is 1. The third-order valence-electron chi connectivity index (χ3n) is 4.02. The van der Waals surface area contributed by atoms with Gasteiger partial charge in [-0.25, -0.2) is 14.8 Å². The summed E-state index contributed by atoms with van der Waals surface area (Å²) in [6.45, 7) is 3.81.